The van der Waals surface area contributed by atoms with Gasteiger partial charge in [-0.15, -0.1) is 0 Å². The Morgan fingerprint density at radius 3 is 3.07 bits per heavy atom. The van der Waals surface area contributed by atoms with Crippen molar-refractivity contribution >= 4 is 5.65 Å². The third kappa shape index (κ3) is 1.04. The van der Waals surface area contributed by atoms with Crippen molar-refractivity contribution in [1.82, 2.24) is 19.5 Å². The minimum atomic E-state index is 0.954. The van der Waals surface area contributed by atoms with Crippen molar-refractivity contribution in [3.05, 3.63) is 29.2 Å². The fourth-order valence-corrected chi connectivity index (χ4v) is 1.99. The van der Waals surface area contributed by atoms with E-state index in [1.54, 1.807) is 0 Å². The summed E-state index contributed by atoms with van der Waals surface area (Å²) >= 11 is 0. The van der Waals surface area contributed by atoms with Gasteiger partial charge in [0, 0.05) is 30.9 Å². The highest BCUT2D eigenvalue weighted by Crippen LogP contribution is 2.19. The number of hydrogen-bond acceptors (Lipinski definition) is 3. The SMILES string of the molecule is Cc1cc2nc3c(cn2n1)CN(C)C3. The fourth-order valence-electron chi connectivity index (χ4n) is 1.99. The van der Waals surface area contributed by atoms with Gasteiger partial charge in [0.2, 0.25) is 0 Å². The molecule has 1 aliphatic heterocycles. The van der Waals surface area contributed by atoms with Gasteiger partial charge in [-0.2, -0.15) is 5.10 Å². The quantitative estimate of drug-likeness (QED) is 0.618. The van der Waals surface area contributed by atoms with E-state index in [1.165, 1.54) is 11.3 Å². The lowest BCUT2D eigenvalue weighted by Crippen LogP contribution is -2.07. The molecule has 0 bridgehead atoms. The molecule has 0 fully saturated rings. The first-order valence-electron chi connectivity index (χ1n) is 4.76. The molecule has 0 saturated heterocycles. The van der Waals surface area contributed by atoms with E-state index < -0.39 is 0 Å². The van der Waals surface area contributed by atoms with Crippen LogP contribution in [0.4, 0.5) is 0 Å². The van der Waals surface area contributed by atoms with Gasteiger partial charge in [0.05, 0.1) is 11.4 Å². The van der Waals surface area contributed by atoms with Gasteiger partial charge in [-0.05, 0) is 14.0 Å². The smallest absolute Gasteiger partial charge is 0.155 e. The number of hydrogen-bond donors (Lipinski definition) is 0. The monoisotopic (exact) mass is 188 g/mol. The van der Waals surface area contributed by atoms with Gasteiger partial charge in [0.1, 0.15) is 0 Å². The second kappa shape index (κ2) is 2.54. The molecule has 0 amide bonds. The molecule has 4 heteroatoms. The summed E-state index contributed by atoms with van der Waals surface area (Å²) in [4.78, 5) is 6.84. The van der Waals surface area contributed by atoms with E-state index in [1.807, 2.05) is 17.5 Å². The highest BCUT2D eigenvalue weighted by Gasteiger charge is 2.18. The molecule has 0 spiro atoms. The number of fused-ring (bicyclic) bond motifs is 2. The highest BCUT2D eigenvalue weighted by molar-refractivity contribution is 5.42. The average Bonchev–Trinajstić information content (AvgIpc) is 2.59. The molecule has 0 saturated carbocycles. The molecule has 0 aliphatic carbocycles. The van der Waals surface area contributed by atoms with Crippen LogP contribution in [0.5, 0.6) is 0 Å². The Morgan fingerprint density at radius 1 is 1.36 bits per heavy atom. The summed E-state index contributed by atoms with van der Waals surface area (Å²) in [6.07, 6.45) is 2.09. The summed E-state index contributed by atoms with van der Waals surface area (Å²) in [5.74, 6) is 0. The van der Waals surface area contributed by atoms with E-state index in [9.17, 15) is 0 Å². The third-order valence-corrected chi connectivity index (χ3v) is 2.60. The highest BCUT2D eigenvalue weighted by atomic mass is 15.3. The Balaban J connectivity index is 2.25. The Morgan fingerprint density at radius 2 is 2.21 bits per heavy atom. The zero-order valence-electron chi connectivity index (χ0n) is 8.36. The van der Waals surface area contributed by atoms with Crippen molar-refractivity contribution in [2.24, 2.45) is 0 Å². The molecule has 3 rings (SSSR count). The van der Waals surface area contributed by atoms with E-state index in [2.05, 4.69) is 28.2 Å². The van der Waals surface area contributed by atoms with Crippen LogP contribution in [0.3, 0.4) is 0 Å². The standard InChI is InChI=1S/C10H12N4/c1-7-3-10-11-9-6-13(2)4-8(9)5-14(10)12-7/h3,5H,4,6H2,1-2H3. The van der Waals surface area contributed by atoms with Crippen molar-refractivity contribution in [1.29, 1.82) is 0 Å². The van der Waals surface area contributed by atoms with Crippen LogP contribution < -0.4 is 0 Å². The average molecular weight is 188 g/mol. The van der Waals surface area contributed by atoms with Crippen molar-refractivity contribution in [3.63, 3.8) is 0 Å². The number of nitrogens with zero attached hydrogens (tertiary/aromatic N) is 4. The van der Waals surface area contributed by atoms with Crippen LogP contribution in [0, 0.1) is 6.92 Å². The van der Waals surface area contributed by atoms with Gasteiger partial charge >= 0.3 is 0 Å². The number of aromatic nitrogens is 3. The van der Waals surface area contributed by atoms with Crippen molar-refractivity contribution in [2.75, 3.05) is 7.05 Å². The molecule has 72 valence electrons. The largest absolute Gasteiger partial charge is 0.296 e. The topological polar surface area (TPSA) is 33.4 Å². The second-order valence-electron chi connectivity index (χ2n) is 3.97. The van der Waals surface area contributed by atoms with Gasteiger partial charge in [0.15, 0.2) is 5.65 Å². The van der Waals surface area contributed by atoms with Crippen LogP contribution in [-0.2, 0) is 13.1 Å². The molecule has 1 aliphatic rings. The number of rotatable bonds is 0. The molecule has 0 N–H and O–H groups in total. The summed E-state index contributed by atoms with van der Waals surface area (Å²) in [5.41, 5.74) is 4.47. The van der Waals surface area contributed by atoms with Crippen molar-refractivity contribution in [3.8, 4) is 0 Å². The van der Waals surface area contributed by atoms with Crippen LogP contribution >= 0.6 is 0 Å². The predicted molar refractivity (Wildman–Crippen MR) is 52.9 cm³/mol. The lowest BCUT2D eigenvalue weighted by Gasteiger charge is -2.01. The summed E-state index contributed by atoms with van der Waals surface area (Å²) < 4.78 is 1.87. The van der Waals surface area contributed by atoms with E-state index >= 15 is 0 Å². The summed E-state index contributed by atoms with van der Waals surface area (Å²) in [5, 5.41) is 4.35. The third-order valence-electron chi connectivity index (χ3n) is 2.60. The zero-order chi connectivity index (χ0) is 9.71. The lowest BCUT2D eigenvalue weighted by atomic mass is 10.3. The minimum Gasteiger partial charge on any atom is -0.296 e. The van der Waals surface area contributed by atoms with Crippen LogP contribution in [0.2, 0.25) is 0 Å². The van der Waals surface area contributed by atoms with Crippen molar-refractivity contribution < 1.29 is 0 Å². The molecule has 3 heterocycles. The van der Waals surface area contributed by atoms with E-state index in [4.69, 9.17) is 0 Å². The molecule has 4 nitrogen and oxygen atoms in total. The zero-order valence-corrected chi connectivity index (χ0v) is 8.36. The lowest BCUT2D eigenvalue weighted by molar-refractivity contribution is 0.351. The Hall–Kier alpha value is -1.42. The minimum absolute atomic E-state index is 0.954. The maximum absolute atomic E-state index is 4.59. The summed E-state index contributed by atoms with van der Waals surface area (Å²) in [6.45, 7) is 3.93. The van der Waals surface area contributed by atoms with Gasteiger partial charge in [-0.25, -0.2) is 9.50 Å². The maximum atomic E-state index is 4.59. The molecule has 0 atom stereocenters. The van der Waals surface area contributed by atoms with Crippen LogP contribution in [0.15, 0.2) is 12.3 Å². The molecule has 14 heavy (non-hydrogen) atoms. The first-order valence-corrected chi connectivity index (χ1v) is 4.76. The van der Waals surface area contributed by atoms with Crippen LogP contribution in [0.25, 0.3) is 5.65 Å². The van der Waals surface area contributed by atoms with E-state index in [0.29, 0.717) is 0 Å². The summed E-state index contributed by atoms with van der Waals surface area (Å²) in [6, 6.07) is 2.01. The second-order valence-corrected chi connectivity index (χ2v) is 3.97. The van der Waals surface area contributed by atoms with Gasteiger partial charge in [-0.3, -0.25) is 4.90 Å². The first kappa shape index (κ1) is 7.94. The Bertz CT molecular complexity index is 457. The fraction of sp³-hybridized carbons (Fsp3) is 0.400. The van der Waals surface area contributed by atoms with E-state index in [-0.39, 0.29) is 0 Å². The van der Waals surface area contributed by atoms with E-state index in [0.717, 1.165) is 24.4 Å². The molecule has 2 aromatic rings. The Labute approximate surface area is 82.2 Å². The molecule has 0 radical (unpaired) electrons. The maximum Gasteiger partial charge on any atom is 0.155 e. The first-order chi connectivity index (χ1) is 6.72. The normalized spacial score (nSPS) is 16.4. The molecular formula is C10H12N4. The predicted octanol–water partition coefficient (Wildman–Crippen LogP) is 0.983. The summed E-state index contributed by atoms with van der Waals surface area (Å²) in [7, 11) is 2.11. The Kier molecular flexibility index (Phi) is 1.44. The van der Waals surface area contributed by atoms with Gasteiger partial charge in [0.25, 0.3) is 0 Å². The molecular weight excluding hydrogens is 176 g/mol. The van der Waals surface area contributed by atoms with Gasteiger partial charge < -0.3 is 0 Å². The van der Waals surface area contributed by atoms with Crippen molar-refractivity contribution in [2.45, 2.75) is 20.0 Å². The van der Waals surface area contributed by atoms with Crippen LogP contribution in [0.1, 0.15) is 17.0 Å². The molecule has 0 unspecified atom stereocenters. The molecule has 0 aromatic carbocycles. The number of aryl methyl sites for hydroxylation is 1. The molecule has 2 aromatic heterocycles. The van der Waals surface area contributed by atoms with Gasteiger partial charge in [-0.1, -0.05) is 0 Å². The van der Waals surface area contributed by atoms with Crippen LogP contribution in [-0.4, -0.2) is 26.5 Å².